The van der Waals surface area contributed by atoms with Gasteiger partial charge in [0.25, 0.3) is 0 Å². The van der Waals surface area contributed by atoms with Gasteiger partial charge in [0.05, 0.1) is 12.7 Å². The zero-order chi connectivity index (χ0) is 27.8. The second-order valence-electron chi connectivity index (χ2n) is 9.39. The first-order valence-electron chi connectivity index (χ1n) is 12.8. The molecule has 2 atom stereocenters. The number of hydrogen-bond donors (Lipinski definition) is 3. The molecule has 4 rings (SSSR count). The Bertz CT molecular complexity index is 1310. The number of benzene rings is 3. The van der Waals surface area contributed by atoms with E-state index in [0.29, 0.717) is 0 Å². The molecule has 0 spiro atoms. The van der Waals surface area contributed by atoms with Gasteiger partial charge >= 0.3 is 12.1 Å². The third-order valence-electron chi connectivity index (χ3n) is 6.75. The fourth-order valence-electron chi connectivity index (χ4n) is 4.56. The van der Waals surface area contributed by atoms with Gasteiger partial charge in [0, 0.05) is 18.0 Å². The molecule has 0 aliphatic heterocycles. The van der Waals surface area contributed by atoms with Crippen LogP contribution in [0.15, 0.2) is 90.5 Å². The molecule has 2 amide bonds. The van der Waals surface area contributed by atoms with Gasteiger partial charge in [-0.2, -0.15) is 0 Å². The van der Waals surface area contributed by atoms with Crippen LogP contribution < -0.4 is 10.6 Å². The Labute approximate surface area is 227 Å². The number of alkyl carbamates (subject to hydrolysis) is 1. The van der Waals surface area contributed by atoms with Gasteiger partial charge < -0.3 is 25.2 Å². The average molecular weight is 529 g/mol. The molecule has 0 heterocycles. The van der Waals surface area contributed by atoms with E-state index in [1.165, 1.54) is 13.0 Å². The Morgan fingerprint density at radius 1 is 0.923 bits per heavy atom. The van der Waals surface area contributed by atoms with Crippen LogP contribution in [0.25, 0.3) is 11.1 Å². The number of carboxylic acids is 1. The quantitative estimate of drug-likeness (QED) is 0.312. The lowest BCUT2D eigenvalue weighted by Gasteiger charge is -2.25. The molecule has 1 aliphatic rings. The number of ether oxygens (including phenoxy) is 2. The minimum absolute atomic E-state index is 0.00869. The minimum atomic E-state index is -1.07. The highest BCUT2D eigenvalue weighted by Gasteiger charge is 2.31. The Hall–Kier alpha value is -4.43. The van der Waals surface area contributed by atoms with Crippen molar-refractivity contribution in [3.63, 3.8) is 0 Å². The summed E-state index contributed by atoms with van der Waals surface area (Å²) < 4.78 is 11.5. The third-order valence-corrected chi connectivity index (χ3v) is 6.75. The van der Waals surface area contributed by atoms with E-state index in [-0.39, 0.29) is 31.2 Å². The maximum Gasteiger partial charge on any atom is 0.407 e. The van der Waals surface area contributed by atoms with Crippen molar-refractivity contribution in [2.45, 2.75) is 38.5 Å². The van der Waals surface area contributed by atoms with Crippen LogP contribution >= 0.6 is 0 Å². The smallest absolute Gasteiger partial charge is 0.407 e. The monoisotopic (exact) mass is 528 g/mol. The van der Waals surface area contributed by atoms with Crippen LogP contribution in [0, 0.1) is 0 Å². The lowest BCUT2D eigenvalue weighted by Crippen LogP contribution is -2.53. The predicted molar refractivity (Wildman–Crippen MR) is 147 cm³/mol. The average Bonchev–Trinajstić information content (AvgIpc) is 3.27. The molecule has 0 saturated carbocycles. The normalized spacial score (nSPS) is 14.1. The standard InChI is InChI=1S/C31H32N2O6/c1-20(30(35)36)16-17-32-29(34)28(21(2)38-18-22-10-4-3-5-11-22)33-31(37)39-19-27-25-14-8-6-12-23(25)24-13-7-9-15-26(24)27/h3-16,21,27-28H,17-19H2,1-2H3,(H,32,34)(H,33,37)(H,35,36)/b20-16-. The Morgan fingerprint density at radius 3 is 2.13 bits per heavy atom. The van der Waals surface area contributed by atoms with Crippen molar-refractivity contribution < 1.29 is 29.0 Å². The molecule has 0 radical (unpaired) electrons. The number of aliphatic carboxylic acids is 1. The third kappa shape index (κ3) is 6.91. The van der Waals surface area contributed by atoms with Gasteiger partial charge in [-0.25, -0.2) is 9.59 Å². The first-order valence-corrected chi connectivity index (χ1v) is 12.8. The second-order valence-corrected chi connectivity index (χ2v) is 9.39. The molecule has 1 aliphatic carbocycles. The van der Waals surface area contributed by atoms with Crippen LogP contribution in [0.3, 0.4) is 0 Å². The van der Waals surface area contributed by atoms with Crippen LogP contribution in [-0.2, 0) is 25.7 Å². The van der Waals surface area contributed by atoms with Crippen LogP contribution in [0.1, 0.15) is 36.5 Å². The van der Waals surface area contributed by atoms with E-state index in [2.05, 4.69) is 22.8 Å². The van der Waals surface area contributed by atoms with Crippen LogP contribution in [-0.4, -0.2) is 48.4 Å². The maximum atomic E-state index is 13.0. The zero-order valence-electron chi connectivity index (χ0n) is 21.9. The molecule has 8 nitrogen and oxygen atoms in total. The summed E-state index contributed by atoms with van der Waals surface area (Å²) in [5.74, 6) is -1.71. The highest BCUT2D eigenvalue weighted by atomic mass is 16.5. The first-order chi connectivity index (χ1) is 18.8. The fourth-order valence-corrected chi connectivity index (χ4v) is 4.56. The summed E-state index contributed by atoms with van der Waals surface area (Å²) in [7, 11) is 0. The molecule has 8 heteroatoms. The molecule has 0 saturated heterocycles. The number of hydrogen-bond acceptors (Lipinski definition) is 5. The lowest BCUT2D eigenvalue weighted by atomic mass is 9.98. The van der Waals surface area contributed by atoms with Gasteiger partial charge in [0.2, 0.25) is 5.91 Å². The van der Waals surface area contributed by atoms with Crippen molar-refractivity contribution in [3.8, 4) is 11.1 Å². The lowest BCUT2D eigenvalue weighted by molar-refractivity contribution is -0.132. The summed E-state index contributed by atoms with van der Waals surface area (Å²) in [4.78, 5) is 37.0. The topological polar surface area (TPSA) is 114 Å². The van der Waals surface area contributed by atoms with Crippen LogP contribution in [0.5, 0.6) is 0 Å². The molecule has 3 aromatic rings. The Morgan fingerprint density at radius 2 is 1.51 bits per heavy atom. The van der Waals surface area contributed by atoms with E-state index in [9.17, 15) is 14.4 Å². The molecular weight excluding hydrogens is 496 g/mol. The number of carbonyl (C=O) groups is 3. The van der Waals surface area contributed by atoms with E-state index in [1.54, 1.807) is 6.92 Å². The van der Waals surface area contributed by atoms with Gasteiger partial charge in [-0.05, 0) is 41.7 Å². The summed E-state index contributed by atoms with van der Waals surface area (Å²) in [5, 5.41) is 14.3. The molecule has 0 aromatic heterocycles. The SMILES string of the molecule is C/C(=C/CNC(=O)C(NC(=O)OCC1c2ccccc2-c2ccccc21)C(C)OCc1ccccc1)C(=O)O. The van der Waals surface area contributed by atoms with Gasteiger partial charge in [-0.1, -0.05) is 84.9 Å². The number of nitrogens with one attached hydrogen (secondary N) is 2. The molecule has 0 fully saturated rings. The van der Waals surface area contributed by atoms with Crippen molar-refractivity contribution in [1.29, 1.82) is 0 Å². The summed E-state index contributed by atoms with van der Waals surface area (Å²) in [5.41, 5.74) is 5.43. The number of rotatable bonds is 11. The Balaban J connectivity index is 1.42. The summed E-state index contributed by atoms with van der Waals surface area (Å²) in [6.07, 6.45) is -0.0558. The zero-order valence-corrected chi connectivity index (χ0v) is 21.9. The van der Waals surface area contributed by atoms with E-state index in [4.69, 9.17) is 14.6 Å². The first kappa shape index (κ1) is 27.6. The van der Waals surface area contributed by atoms with E-state index in [1.807, 2.05) is 66.7 Å². The van der Waals surface area contributed by atoms with Crippen LogP contribution in [0.2, 0.25) is 0 Å². The molecule has 3 aromatic carbocycles. The molecule has 2 unspecified atom stereocenters. The van der Waals surface area contributed by atoms with Gasteiger partial charge in [-0.15, -0.1) is 0 Å². The molecule has 0 bridgehead atoms. The molecule has 39 heavy (non-hydrogen) atoms. The van der Waals surface area contributed by atoms with Crippen molar-refractivity contribution in [2.24, 2.45) is 0 Å². The van der Waals surface area contributed by atoms with E-state index in [0.717, 1.165) is 27.8 Å². The minimum Gasteiger partial charge on any atom is -0.478 e. The number of carbonyl (C=O) groups excluding carboxylic acids is 2. The summed E-state index contributed by atoms with van der Waals surface area (Å²) in [6.45, 7) is 3.47. The van der Waals surface area contributed by atoms with Gasteiger partial charge in [-0.3, -0.25) is 4.79 Å². The fraction of sp³-hybridized carbons (Fsp3) is 0.258. The predicted octanol–water partition coefficient (Wildman–Crippen LogP) is 4.65. The van der Waals surface area contributed by atoms with Crippen molar-refractivity contribution >= 4 is 18.0 Å². The van der Waals surface area contributed by atoms with Crippen molar-refractivity contribution in [1.82, 2.24) is 10.6 Å². The second kappa shape index (κ2) is 12.9. The highest BCUT2D eigenvalue weighted by Crippen LogP contribution is 2.44. The summed E-state index contributed by atoms with van der Waals surface area (Å²) >= 11 is 0. The Kier molecular flexibility index (Phi) is 9.12. The number of amides is 2. The van der Waals surface area contributed by atoms with Crippen LogP contribution in [0.4, 0.5) is 4.79 Å². The van der Waals surface area contributed by atoms with Gasteiger partial charge in [0.15, 0.2) is 0 Å². The molecule has 3 N–H and O–H groups in total. The van der Waals surface area contributed by atoms with E-state index >= 15 is 0 Å². The number of fused-ring (bicyclic) bond motifs is 3. The summed E-state index contributed by atoms with van der Waals surface area (Å²) in [6, 6.07) is 24.5. The van der Waals surface area contributed by atoms with Crippen molar-refractivity contribution in [3.05, 3.63) is 107 Å². The highest BCUT2D eigenvalue weighted by molar-refractivity contribution is 5.87. The largest absolute Gasteiger partial charge is 0.478 e. The maximum absolute atomic E-state index is 13.0. The number of carboxylic acid groups (broad SMARTS) is 1. The molecular formula is C31H32N2O6. The van der Waals surface area contributed by atoms with E-state index < -0.39 is 30.1 Å². The van der Waals surface area contributed by atoms with Crippen molar-refractivity contribution in [2.75, 3.05) is 13.2 Å². The van der Waals surface area contributed by atoms with Gasteiger partial charge in [0.1, 0.15) is 12.6 Å². The molecule has 202 valence electrons.